The maximum atomic E-state index is 11.2. The van der Waals surface area contributed by atoms with E-state index in [9.17, 15) is 4.79 Å². The number of hydrogen-bond acceptors (Lipinski definition) is 5. The molecular formula is C16H19N7O. The molecule has 1 aliphatic heterocycles. The van der Waals surface area contributed by atoms with Gasteiger partial charge in [-0.1, -0.05) is 6.07 Å². The van der Waals surface area contributed by atoms with Crippen molar-refractivity contribution < 1.29 is 4.79 Å². The molecule has 2 N–H and O–H groups in total. The molecule has 1 unspecified atom stereocenters. The Hall–Kier alpha value is -2.74. The number of carbonyl (C=O) groups is 1. The third-order valence-electron chi connectivity index (χ3n) is 4.48. The first-order chi connectivity index (χ1) is 11.7. The summed E-state index contributed by atoms with van der Waals surface area (Å²) >= 11 is 0. The van der Waals surface area contributed by atoms with Crippen LogP contribution >= 0.6 is 0 Å². The van der Waals surface area contributed by atoms with Crippen LogP contribution in [0.5, 0.6) is 0 Å². The van der Waals surface area contributed by atoms with E-state index in [1.165, 1.54) is 5.69 Å². The molecule has 124 valence electrons. The molecule has 4 rings (SSSR count). The molecule has 0 spiro atoms. The fourth-order valence-corrected chi connectivity index (χ4v) is 3.32. The zero-order chi connectivity index (χ0) is 16.5. The van der Waals surface area contributed by atoms with Gasteiger partial charge < -0.3 is 10.1 Å². The molecule has 0 aliphatic carbocycles. The number of carbonyl (C=O) groups excluding carboxylic acids is 1. The van der Waals surface area contributed by atoms with Crippen molar-refractivity contribution in [3.63, 3.8) is 0 Å². The molecule has 0 aromatic carbocycles. The molecule has 8 heteroatoms. The van der Waals surface area contributed by atoms with Crippen LogP contribution in [0.2, 0.25) is 0 Å². The van der Waals surface area contributed by atoms with Crippen LogP contribution in [0.1, 0.15) is 35.2 Å². The van der Waals surface area contributed by atoms with Crippen LogP contribution in [-0.2, 0) is 6.54 Å². The number of fused-ring (bicyclic) bond motifs is 1. The van der Waals surface area contributed by atoms with E-state index >= 15 is 0 Å². The summed E-state index contributed by atoms with van der Waals surface area (Å²) in [5, 5.41) is 4.21. The largest absolute Gasteiger partial charge is 0.363 e. The first kappa shape index (κ1) is 14.8. The Labute approximate surface area is 138 Å². The van der Waals surface area contributed by atoms with Gasteiger partial charge in [-0.2, -0.15) is 0 Å². The molecule has 24 heavy (non-hydrogen) atoms. The van der Waals surface area contributed by atoms with Gasteiger partial charge in [0.15, 0.2) is 0 Å². The number of imidazole rings is 1. The highest BCUT2D eigenvalue weighted by atomic mass is 16.1. The number of aromatic nitrogens is 5. The lowest BCUT2D eigenvalue weighted by molar-refractivity contribution is 0.0989. The molecule has 0 bridgehead atoms. The van der Waals surface area contributed by atoms with Crippen LogP contribution in [0.25, 0.3) is 5.65 Å². The Morgan fingerprint density at radius 1 is 1.33 bits per heavy atom. The van der Waals surface area contributed by atoms with Crippen LogP contribution in [-0.4, -0.2) is 48.0 Å². The number of rotatable bonds is 4. The lowest BCUT2D eigenvalue weighted by Crippen LogP contribution is -2.36. The van der Waals surface area contributed by atoms with Gasteiger partial charge in [-0.05, 0) is 31.5 Å². The predicted molar refractivity (Wildman–Crippen MR) is 87.3 cm³/mol. The van der Waals surface area contributed by atoms with Crippen LogP contribution < -0.4 is 5.73 Å². The fraction of sp³-hybridized carbons (Fsp3) is 0.375. The second-order valence-electron chi connectivity index (χ2n) is 6.12. The van der Waals surface area contributed by atoms with Gasteiger partial charge in [-0.15, -0.1) is 5.10 Å². The minimum absolute atomic E-state index is 0.0790. The van der Waals surface area contributed by atoms with Gasteiger partial charge in [0.1, 0.15) is 12.0 Å². The van der Waals surface area contributed by atoms with Crippen LogP contribution in [0, 0.1) is 0 Å². The monoisotopic (exact) mass is 325 g/mol. The van der Waals surface area contributed by atoms with Gasteiger partial charge in [0, 0.05) is 31.2 Å². The number of hydrogen-bond donors (Lipinski definition) is 1. The summed E-state index contributed by atoms with van der Waals surface area (Å²) in [6, 6.07) is 6.37. The summed E-state index contributed by atoms with van der Waals surface area (Å²) in [6.45, 7) is 2.76. The van der Waals surface area contributed by atoms with Gasteiger partial charge in [-0.3, -0.25) is 9.69 Å². The summed E-state index contributed by atoms with van der Waals surface area (Å²) in [6.07, 6.45) is 7.51. The van der Waals surface area contributed by atoms with Crippen LogP contribution in [0.15, 0.2) is 36.9 Å². The minimum atomic E-state index is -0.590. The van der Waals surface area contributed by atoms with E-state index in [0.29, 0.717) is 0 Å². The minimum Gasteiger partial charge on any atom is -0.363 e. The number of primary amides is 1. The Morgan fingerprint density at radius 2 is 2.25 bits per heavy atom. The highest BCUT2D eigenvalue weighted by Crippen LogP contribution is 2.22. The van der Waals surface area contributed by atoms with Crippen molar-refractivity contribution in [2.24, 2.45) is 5.73 Å². The van der Waals surface area contributed by atoms with Crippen LogP contribution in [0.4, 0.5) is 0 Å². The molecular weight excluding hydrogens is 306 g/mol. The lowest BCUT2D eigenvalue weighted by atomic mass is 10.1. The molecule has 8 nitrogen and oxygen atoms in total. The fourth-order valence-electron chi connectivity index (χ4n) is 3.32. The van der Waals surface area contributed by atoms with E-state index in [1.807, 2.05) is 24.5 Å². The third kappa shape index (κ3) is 2.76. The standard InChI is InChI=1S/C16H19N7O/c17-15(24)16-19-11-23(20-16)13-4-2-7-21(10-13)9-12-3-1-5-14-18-6-8-22(12)14/h1,3,5-6,8,11,13H,2,4,7,9-10H2,(H2,17,24). The average Bonchev–Trinajstić information content (AvgIpc) is 3.25. The summed E-state index contributed by atoms with van der Waals surface area (Å²) in [5.41, 5.74) is 7.40. The number of piperidine rings is 1. The van der Waals surface area contributed by atoms with Crippen molar-refractivity contribution >= 4 is 11.6 Å². The van der Waals surface area contributed by atoms with Crippen LogP contribution in [0.3, 0.4) is 0 Å². The van der Waals surface area contributed by atoms with Crippen molar-refractivity contribution in [3.05, 3.63) is 48.4 Å². The average molecular weight is 325 g/mol. The third-order valence-corrected chi connectivity index (χ3v) is 4.48. The number of nitrogens with two attached hydrogens (primary N) is 1. The number of nitrogens with zero attached hydrogens (tertiary/aromatic N) is 6. The van der Waals surface area contributed by atoms with E-state index in [2.05, 4.69) is 30.4 Å². The number of pyridine rings is 1. The molecule has 0 radical (unpaired) electrons. The second kappa shape index (κ2) is 6.04. The maximum Gasteiger partial charge on any atom is 0.288 e. The van der Waals surface area contributed by atoms with Crippen molar-refractivity contribution in [1.29, 1.82) is 0 Å². The van der Waals surface area contributed by atoms with Crippen molar-refractivity contribution in [1.82, 2.24) is 29.0 Å². The summed E-state index contributed by atoms with van der Waals surface area (Å²) < 4.78 is 3.88. The highest BCUT2D eigenvalue weighted by Gasteiger charge is 2.23. The predicted octanol–water partition coefficient (Wildman–Crippen LogP) is 0.862. The Balaban J connectivity index is 1.50. The van der Waals surface area contributed by atoms with Gasteiger partial charge in [0.25, 0.3) is 5.91 Å². The van der Waals surface area contributed by atoms with Crippen molar-refractivity contribution in [2.45, 2.75) is 25.4 Å². The summed E-state index contributed by atoms with van der Waals surface area (Å²) in [5.74, 6) is -0.511. The molecule has 1 aliphatic rings. The van der Waals surface area contributed by atoms with Gasteiger partial charge in [-0.25, -0.2) is 14.6 Å². The van der Waals surface area contributed by atoms with E-state index in [4.69, 9.17) is 5.73 Å². The van der Waals surface area contributed by atoms with E-state index in [-0.39, 0.29) is 11.9 Å². The molecule has 1 amide bonds. The zero-order valence-electron chi connectivity index (χ0n) is 13.2. The Kier molecular flexibility index (Phi) is 3.73. The SMILES string of the molecule is NC(=O)c1ncn(C2CCCN(Cc3cccc4nccn34)C2)n1. The quantitative estimate of drug-likeness (QED) is 0.768. The first-order valence-corrected chi connectivity index (χ1v) is 8.05. The number of amides is 1. The van der Waals surface area contributed by atoms with Gasteiger partial charge in [0.05, 0.1) is 6.04 Å². The first-order valence-electron chi connectivity index (χ1n) is 8.05. The molecule has 1 atom stereocenters. The lowest BCUT2D eigenvalue weighted by Gasteiger charge is -2.32. The van der Waals surface area contributed by atoms with E-state index in [1.54, 1.807) is 11.0 Å². The molecule has 0 saturated carbocycles. The van der Waals surface area contributed by atoms with Gasteiger partial charge in [0.2, 0.25) is 5.82 Å². The molecule has 4 heterocycles. The topological polar surface area (TPSA) is 94.3 Å². The number of likely N-dealkylation sites (tertiary alicyclic amines) is 1. The van der Waals surface area contributed by atoms with Crippen molar-refractivity contribution in [3.8, 4) is 0 Å². The second-order valence-corrected chi connectivity index (χ2v) is 6.12. The normalized spacial score (nSPS) is 18.9. The summed E-state index contributed by atoms with van der Waals surface area (Å²) in [4.78, 5) is 21.9. The molecule has 3 aromatic rings. The highest BCUT2D eigenvalue weighted by molar-refractivity contribution is 5.88. The summed E-state index contributed by atoms with van der Waals surface area (Å²) in [7, 11) is 0. The Morgan fingerprint density at radius 3 is 3.08 bits per heavy atom. The zero-order valence-corrected chi connectivity index (χ0v) is 13.2. The van der Waals surface area contributed by atoms with Gasteiger partial charge >= 0.3 is 0 Å². The van der Waals surface area contributed by atoms with E-state index < -0.39 is 5.91 Å². The molecule has 1 fully saturated rings. The van der Waals surface area contributed by atoms with E-state index in [0.717, 1.165) is 38.1 Å². The maximum absolute atomic E-state index is 11.2. The molecule has 1 saturated heterocycles. The Bertz CT molecular complexity index is 868. The smallest absolute Gasteiger partial charge is 0.288 e. The van der Waals surface area contributed by atoms with Crippen molar-refractivity contribution in [2.75, 3.05) is 13.1 Å². The molecule has 3 aromatic heterocycles.